The lowest BCUT2D eigenvalue weighted by Crippen LogP contribution is -1.96. The van der Waals surface area contributed by atoms with Crippen LogP contribution in [0.1, 0.15) is 0 Å². The Hall–Kier alpha value is -2.01. The molecule has 0 atom stereocenters. The Morgan fingerprint density at radius 2 is 1.53 bits per heavy atom. The Morgan fingerprint density at radius 1 is 0.895 bits per heavy atom. The van der Waals surface area contributed by atoms with E-state index in [9.17, 15) is 8.42 Å². The summed E-state index contributed by atoms with van der Waals surface area (Å²) in [5, 5.41) is 0. The first kappa shape index (κ1) is 12.0. The Morgan fingerprint density at radius 3 is 2.21 bits per heavy atom. The topological polar surface area (TPSA) is 52.6 Å². The average Bonchev–Trinajstić information content (AvgIpc) is 2.85. The Kier molecular flexibility index (Phi) is 2.71. The van der Waals surface area contributed by atoms with E-state index in [2.05, 4.69) is 0 Å². The van der Waals surface area contributed by atoms with Crippen molar-refractivity contribution in [3.8, 4) is 22.6 Å². The first-order chi connectivity index (χ1) is 9.04. The van der Waals surface area contributed by atoms with Crippen molar-refractivity contribution in [2.24, 2.45) is 0 Å². The summed E-state index contributed by atoms with van der Waals surface area (Å²) in [4.78, 5) is 0.317. The molecule has 0 saturated heterocycles. The maximum Gasteiger partial charge on any atom is 0.231 e. The highest BCUT2D eigenvalue weighted by molar-refractivity contribution is 7.90. The summed E-state index contributed by atoms with van der Waals surface area (Å²) in [7, 11) is -3.16. The number of rotatable bonds is 2. The third kappa shape index (κ3) is 2.29. The zero-order valence-electron chi connectivity index (χ0n) is 10.3. The molecular formula is C14H12O4S. The van der Waals surface area contributed by atoms with Gasteiger partial charge in [-0.1, -0.05) is 18.2 Å². The maximum atomic E-state index is 11.4. The molecule has 0 unspecified atom stereocenters. The smallest absolute Gasteiger partial charge is 0.231 e. The molecule has 0 N–H and O–H groups in total. The minimum Gasteiger partial charge on any atom is -0.454 e. The zero-order valence-corrected chi connectivity index (χ0v) is 11.1. The summed E-state index contributed by atoms with van der Waals surface area (Å²) in [6, 6.07) is 12.4. The van der Waals surface area contributed by atoms with Gasteiger partial charge in [-0.15, -0.1) is 0 Å². The van der Waals surface area contributed by atoms with Gasteiger partial charge in [-0.2, -0.15) is 0 Å². The van der Waals surface area contributed by atoms with Crippen LogP contribution in [0.2, 0.25) is 0 Å². The molecule has 0 spiro atoms. The van der Waals surface area contributed by atoms with E-state index in [1.54, 1.807) is 24.3 Å². The van der Waals surface area contributed by atoms with Crippen LogP contribution in [-0.4, -0.2) is 21.5 Å². The molecule has 0 saturated carbocycles. The van der Waals surface area contributed by atoms with Gasteiger partial charge in [0.2, 0.25) is 6.79 Å². The van der Waals surface area contributed by atoms with Gasteiger partial charge in [0.15, 0.2) is 21.3 Å². The van der Waals surface area contributed by atoms with E-state index >= 15 is 0 Å². The number of hydrogen-bond acceptors (Lipinski definition) is 4. The highest BCUT2D eigenvalue weighted by Crippen LogP contribution is 2.35. The van der Waals surface area contributed by atoms with Crippen molar-refractivity contribution in [3.63, 3.8) is 0 Å². The normalized spacial score (nSPS) is 13.5. The minimum atomic E-state index is -3.16. The van der Waals surface area contributed by atoms with Crippen LogP contribution < -0.4 is 9.47 Å². The summed E-state index contributed by atoms with van der Waals surface area (Å²) in [5.74, 6) is 1.45. The van der Waals surface area contributed by atoms with Crippen molar-refractivity contribution in [1.29, 1.82) is 0 Å². The van der Waals surface area contributed by atoms with Crippen molar-refractivity contribution in [2.75, 3.05) is 13.0 Å². The van der Waals surface area contributed by atoms with Crippen LogP contribution >= 0.6 is 0 Å². The number of sulfone groups is 1. The van der Waals surface area contributed by atoms with Crippen LogP contribution in [0.3, 0.4) is 0 Å². The van der Waals surface area contributed by atoms with Gasteiger partial charge < -0.3 is 9.47 Å². The lowest BCUT2D eigenvalue weighted by molar-refractivity contribution is 0.174. The Bertz CT molecular complexity index is 718. The Balaban J connectivity index is 1.99. The van der Waals surface area contributed by atoms with Gasteiger partial charge in [0, 0.05) is 6.26 Å². The molecule has 1 heterocycles. The lowest BCUT2D eigenvalue weighted by Gasteiger charge is -2.04. The van der Waals surface area contributed by atoms with Crippen molar-refractivity contribution in [3.05, 3.63) is 42.5 Å². The molecule has 1 aliphatic heterocycles. The van der Waals surface area contributed by atoms with Crippen molar-refractivity contribution >= 4 is 9.84 Å². The van der Waals surface area contributed by atoms with Crippen LogP contribution in [0.15, 0.2) is 47.4 Å². The third-order valence-electron chi connectivity index (χ3n) is 2.99. The molecule has 98 valence electrons. The van der Waals surface area contributed by atoms with E-state index in [4.69, 9.17) is 9.47 Å². The van der Waals surface area contributed by atoms with Crippen LogP contribution in [0.5, 0.6) is 11.5 Å². The predicted octanol–water partition coefficient (Wildman–Crippen LogP) is 2.49. The zero-order chi connectivity index (χ0) is 13.5. The molecule has 0 amide bonds. The number of hydrogen-bond donors (Lipinski definition) is 0. The van der Waals surface area contributed by atoms with Gasteiger partial charge >= 0.3 is 0 Å². The van der Waals surface area contributed by atoms with Gasteiger partial charge in [-0.3, -0.25) is 0 Å². The lowest BCUT2D eigenvalue weighted by atomic mass is 10.1. The Labute approximate surface area is 111 Å². The molecule has 5 heteroatoms. The van der Waals surface area contributed by atoms with Crippen LogP contribution in [0.4, 0.5) is 0 Å². The maximum absolute atomic E-state index is 11.4. The van der Waals surface area contributed by atoms with Gasteiger partial charge in [0.05, 0.1) is 4.90 Å². The van der Waals surface area contributed by atoms with E-state index in [0.717, 1.165) is 16.9 Å². The van der Waals surface area contributed by atoms with Crippen LogP contribution in [0.25, 0.3) is 11.1 Å². The molecule has 0 bridgehead atoms. The molecule has 3 rings (SSSR count). The van der Waals surface area contributed by atoms with Crippen LogP contribution in [-0.2, 0) is 9.84 Å². The van der Waals surface area contributed by atoms with E-state index < -0.39 is 9.84 Å². The second-order valence-corrected chi connectivity index (χ2v) is 6.38. The number of ether oxygens (including phenoxy) is 2. The van der Waals surface area contributed by atoms with E-state index in [0.29, 0.717) is 10.6 Å². The molecule has 0 aliphatic carbocycles. The molecule has 0 aromatic heterocycles. The van der Waals surface area contributed by atoms with Gasteiger partial charge in [-0.25, -0.2) is 8.42 Å². The second-order valence-electron chi connectivity index (χ2n) is 4.36. The van der Waals surface area contributed by atoms with Crippen molar-refractivity contribution in [1.82, 2.24) is 0 Å². The molecule has 0 radical (unpaired) electrons. The van der Waals surface area contributed by atoms with Crippen LogP contribution in [0, 0.1) is 0 Å². The van der Waals surface area contributed by atoms with Gasteiger partial charge in [0.25, 0.3) is 0 Å². The van der Waals surface area contributed by atoms with E-state index in [-0.39, 0.29) is 6.79 Å². The summed E-state index contributed by atoms with van der Waals surface area (Å²) in [6.07, 6.45) is 1.20. The number of fused-ring (bicyclic) bond motifs is 1. The third-order valence-corrected chi connectivity index (χ3v) is 4.12. The first-order valence-electron chi connectivity index (χ1n) is 5.74. The second kappa shape index (κ2) is 4.28. The highest BCUT2D eigenvalue weighted by atomic mass is 32.2. The molecular weight excluding hydrogens is 264 g/mol. The SMILES string of the molecule is CS(=O)(=O)c1ccc(-c2ccc3c(c2)OCO3)cc1. The average molecular weight is 276 g/mol. The molecule has 2 aromatic rings. The molecule has 0 fully saturated rings. The molecule has 4 nitrogen and oxygen atoms in total. The first-order valence-corrected chi connectivity index (χ1v) is 7.63. The fourth-order valence-electron chi connectivity index (χ4n) is 1.97. The summed E-state index contributed by atoms with van der Waals surface area (Å²) in [6.45, 7) is 0.242. The minimum absolute atomic E-state index is 0.242. The van der Waals surface area contributed by atoms with E-state index in [1.807, 2.05) is 18.2 Å². The fourth-order valence-corrected chi connectivity index (χ4v) is 2.60. The highest BCUT2D eigenvalue weighted by Gasteiger charge is 2.14. The van der Waals surface area contributed by atoms with Gasteiger partial charge in [0.1, 0.15) is 0 Å². The number of benzene rings is 2. The standard InChI is InChI=1S/C14H12O4S/c1-19(15,16)12-5-2-10(3-6-12)11-4-7-13-14(8-11)18-9-17-13/h2-8H,9H2,1H3. The summed E-state index contributed by atoms with van der Waals surface area (Å²) >= 11 is 0. The van der Waals surface area contributed by atoms with Crippen molar-refractivity contribution < 1.29 is 17.9 Å². The molecule has 2 aromatic carbocycles. The molecule has 19 heavy (non-hydrogen) atoms. The molecule has 1 aliphatic rings. The fraction of sp³-hybridized carbons (Fsp3) is 0.143. The van der Waals surface area contributed by atoms with Crippen molar-refractivity contribution in [2.45, 2.75) is 4.90 Å². The van der Waals surface area contributed by atoms with E-state index in [1.165, 1.54) is 6.26 Å². The summed E-state index contributed by atoms with van der Waals surface area (Å²) < 4.78 is 33.4. The summed E-state index contributed by atoms with van der Waals surface area (Å²) in [5.41, 5.74) is 1.90. The quantitative estimate of drug-likeness (QED) is 0.845. The largest absolute Gasteiger partial charge is 0.454 e. The predicted molar refractivity (Wildman–Crippen MR) is 71.1 cm³/mol. The van der Waals surface area contributed by atoms with Gasteiger partial charge in [-0.05, 0) is 35.4 Å². The monoisotopic (exact) mass is 276 g/mol.